The van der Waals surface area contributed by atoms with Crippen molar-refractivity contribution in [2.45, 2.75) is 58.9 Å². The normalized spacial score (nSPS) is 21.0. The van der Waals surface area contributed by atoms with Crippen LogP contribution in [0.4, 0.5) is 0 Å². The zero-order chi connectivity index (χ0) is 15.3. The van der Waals surface area contributed by atoms with Crippen molar-refractivity contribution < 1.29 is 14.7 Å². The third-order valence-electron chi connectivity index (χ3n) is 4.30. The molecule has 1 rings (SSSR count). The van der Waals surface area contributed by atoms with E-state index in [0.29, 0.717) is 31.8 Å². The van der Waals surface area contributed by atoms with Gasteiger partial charge in [-0.15, -0.1) is 0 Å². The zero-order valence-electron chi connectivity index (χ0n) is 12.9. The molecule has 0 bridgehead atoms. The van der Waals surface area contributed by atoms with Gasteiger partial charge in [-0.25, -0.2) is 4.79 Å². The van der Waals surface area contributed by atoms with Crippen molar-refractivity contribution in [1.29, 1.82) is 0 Å². The molecular formula is C15H28N2O3. The Morgan fingerprint density at radius 3 is 2.50 bits per heavy atom. The Kier molecular flexibility index (Phi) is 5.99. The number of nitrogens with two attached hydrogens (primary N) is 1. The highest BCUT2D eigenvalue weighted by atomic mass is 16.4. The maximum Gasteiger partial charge on any atom is 0.326 e. The van der Waals surface area contributed by atoms with Gasteiger partial charge in [0, 0.05) is 13.0 Å². The first-order valence-corrected chi connectivity index (χ1v) is 7.49. The number of hydrogen-bond donors (Lipinski definition) is 2. The van der Waals surface area contributed by atoms with Gasteiger partial charge in [0.1, 0.15) is 6.04 Å². The van der Waals surface area contributed by atoms with Crippen molar-refractivity contribution in [1.82, 2.24) is 4.90 Å². The molecule has 0 radical (unpaired) electrons. The van der Waals surface area contributed by atoms with Crippen molar-refractivity contribution in [2.75, 3.05) is 13.1 Å². The largest absolute Gasteiger partial charge is 0.480 e. The van der Waals surface area contributed by atoms with Crippen molar-refractivity contribution in [3.8, 4) is 0 Å². The molecule has 1 aliphatic rings. The van der Waals surface area contributed by atoms with Gasteiger partial charge in [0.05, 0.1) is 0 Å². The van der Waals surface area contributed by atoms with Crippen molar-refractivity contribution in [3.63, 3.8) is 0 Å². The third-order valence-corrected chi connectivity index (χ3v) is 4.30. The van der Waals surface area contributed by atoms with Crippen LogP contribution in [0, 0.1) is 11.3 Å². The number of carbonyl (C=O) groups is 2. The van der Waals surface area contributed by atoms with Crippen molar-refractivity contribution in [2.24, 2.45) is 17.1 Å². The number of nitrogens with zero attached hydrogens (tertiary/aromatic N) is 1. The monoisotopic (exact) mass is 284 g/mol. The average Bonchev–Trinajstić information content (AvgIpc) is 2.81. The van der Waals surface area contributed by atoms with E-state index in [0.717, 1.165) is 19.3 Å². The number of aliphatic carboxylic acids is 1. The number of hydrogen-bond acceptors (Lipinski definition) is 3. The summed E-state index contributed by atoms with van der Waals surface area (Å²) in [4.78, 5) is 24.9. The van der Waals surface area contributed by atoms with Crippen LogP contribution in [0.3, 0.4) is 0 Å². The quantitative estimate of drug-likeness (QED) is 0.779. The van der Waals surface area contributed by atoms with Crippen LogP contribution in [-0.4, -0.2) is 41.0 Å². The Morgan fingerprint density at radius 2 is 2.00 bits per heavy atom. The molecule has 5 heteroatoms. The van der Waals surface area contributed by atoms with E-state index in [1.807, 2.05) is 0 Å². The van der Waals surface area contributed by atoms with E-state index in [9.17, 15) is 9.59 Å². The first kappa shape index (κ1) is 17.0. The standard InChI is InChI=1S/C15H28N2O3/c1-15(2,3)11(8-9-16)6-7-13(18)17-10-4-5-12(17)14(19)20/h11-12H,4-10,16H2,1-3H3,(H,19,20). The second-order valence-corrected chi connectivity index (χ2v) is 6.76. The molecule has 0 aromatic carbocycles. The van der Waals surface area contributed by atoms with E-state index < -0.39 is 12.0 Å². The summed E-state index contributed by atoms with van der Waals surface area (Å²) in [5.74, 6) is -0.520. The smallest absolute Gasteiger partial charge is 0.326 e. The minimum atomic E-state index is -0.884. The first-order valence-electron chi connectivity index (χ1n) is 7.49. The molecule has 0 aromatic rings. The number of amides is 1. The fourth-order valence-electron chi connectivity index (χ4n) is 2.97. The summed E-state index contributed by atoms with van der Waals surface area (Å²) in [6.07, 6.45) is 3.47. The summed E-state index contributed by atoms with van der Waals surface area (Å²) in [7, 11) is 0. The summed E-state index contributed by atoms with van der Waals surface area (Å²) in [6.45, 7) is 7.68. The Hall–Kier alpha value is -1.10. The van der Waals surface area contributed by atoms with Gasteiger partial charge >= 0.3 is 5.97 Å². The van der Waals surface area contributed by atoms with Gasteiger partial charge < -0.3 is 15.7 Å². The Labute approximate surface area is 121 Å². The van der Waals surface area contributed by atoms with E-state index in [1.54, 1.807) is 0 Å². The Morgan fingerprint density at radius 1 is 1.35 bits per heavy atom. The minimum Gasteiger partial charge on any atom is -0.480 e. The van der Waals surface area contributed by atoms with Crippen LogP contribution in [0.5, 0.6) is 0 Å². The van der Waals surface area contributed by atoms with E-state index in [2.05, 4.69) is 20.8 Å². The summed E-state index contributed by atoms with van der Waals surface area (Å²) in [5.41, 5.74) is 5.77. The van der Waals surface area contributed by atoms with Crippen LogP contribution in [0.15, 0.2) is 0 Å². The zero-order valence-corrected chi connectivity index (χ0v) is 12.9. The van der Waals surface area contributed by atoms with Gasteiger partial charge in [-0.3, -0.25) is 4.79 Å². The fourth-order valence-corrected chi connectivity index (χ4v) is 2.97. The van der Waals surface area contributed by atoms with Crippen LogP contribution in [0.1, 0.15) is 52.9 Å². The summed E-state index contributed by atoms with van der Waals surface area (Å²) in [6, 6.07) is -0.620. The molecule has 1 aliphatic heterocycles. The van der Waals surface area contributed by atoms with Crippen LogP contribution < -0.4 is 5.73 Å². The minimum absolute atomic E-state index is 0.0267. The predicted molar refractivity (Wildman–Crippen MR) is 78.2 cm³/mol. The van der Waals surface area contributed by atoms with Gasteiger partial charge in [-0.2, -0.15) is 0 Å². The highest BCUT2D eigenvalue weighted by Crippen LogP contribution is 2.32. The molecule has 2 unspecified atom stereocenters. The molecule has 0 aromatic heterocycles. The SMILES string of the molecule is CC(C)(C)C(CCN)CCC(=O)N1CCCC1C(=O)O. The first-order chi connectivity index (χ1) is 9.27. The van der Waals surface area contributed by atoms with Gasteiger partial charge in [0.25, 0.3) is 0 Å². The molecule has 0 saturated carbocycles. The molecule has 1 saturated heterocycles. The lowest BCUT2D eigenvalue weighted by Gasteiger charge is -2.31. The lowest BCUT2D eigenvalue weighted by atomic mass is 9.76. The topological polar surface area (TPSA) is 83.6 Å². The van der Waals surface area contributed by atoms with Gasteiger partial charge in [0.15, 0.2) is 0 Å². The van der Waals surface area contributed by atoms with Gasteiger partial charge in [-0.1, -0.05) is 20.8 Å². The van der Waals surface area contributed by atoms with Crippen molar-refractivity contribution in [3.05, 3.63) is 0 Å². The van der Waals surface area contributed by atoms with E-state index >= 15 is 0 Å². The van der Waals surface area contributed by atoms with Crippen LogP contribution in [0.25, 0.3) is 0 Å². The summed E-state index contributed by atoms with van der Waals surface area (Å²) >= 11 is 0. The van der Waals surface area contributed by atoms with Crippen LogP contribution in [-0.2, 0) is 9.59 Å². The number of carbonyl (C=O) groups excluding carboxylic acids is 1. The molecule has 20 heavy (non-hydrogen) atoms. The van der Waals surface area contributed by atoms with E-state index in [-0.39, 0.29) is 11.3 Å². The van der Waals surface area contributed by atoms with Crippen LogP contribution in [0.2, 0.25) is 0 Å². The molecule has 0 spiro atoms. The average molecular weight is 284 g/mol. The number of rotatable bonds is 6. The predicted octanol–water partition coefficient (Wildman–Crippen LogP) is 1.85. The Bertz CT molecular complexity index is 350. The maximum atomic E-state index is 12.2. The second-order valence-electron chi connectivity index (χ2n) is 6.76. The highest BCUT2D eigenvalue weighted by Gasteiger charge is 2.34. The molecule has 1 heterocycles. The molecular weight excluding hydrogens is 256 g/mol. The van der Waals surface area contributed by atoms with E-state index in [1.165, 1.54) is 4.90 Å². The third kappa shape index (κ3) is 4.47. The maximum absolute atomic E-state index is 12.2. The summed E-state index contributed by atoms with van der Waals surface area (Å²) < 4.78 is 0. The van der Waals surface area contributed by atoms with E-state index in [4.69, 9.17) is 10.8 Å². The number of likely N-dealkylation sites (tertiary alicyclic amines) is 1. The Balaban J connectivity index is 2.55. The molecule has 1 fully saturated rings. The number of carboxylic acid groups (broad SMARTS) is 1. The number of carboxylic acids is 1. The molecule has 2 atom stereocenters. The second kappa shape index (κ2) is 7.07. The lowest BCUT2D eigenvalue weighted by Crippen LogP contribution is -2.40. The van der Waals surface area contributed by atoms with Gasteiger partial charge in [-0.05, 0) is 43.6 Å². The highest BCUT2D eigenvalue weighted by molar-refractivity contribution is 5.84. The molecule has 5 nitrogen and oxygen atoms in total. The fraction of sp³-hybridized carbons (Fsp3) is 0.867. The van der Waals surface area contributed by atoms with Gasteiger partial charge in [0.2, 0.25) is 5.91 Å². The van der Waals surface area contributed by atoms with Crippen LogP contribution >= 0.6 is 0 Å². The summed E-state index contributed by atoms with van der Waals surface area (Å²) in [5, 5.41) is 9.11. The molecule has 1 amide bonds. The molecule has 3 N–H and O–H groups in total. The lowest BCUT2D eigenvalue weighted by molar-refractivity contribution is -0.148. The molecule has 0 aliphatic carbocycles. The molecule has 116 valence electrons. The van der Waals surface area contributed by atoms with Crippen molar-refractivity contribution >= 4 is 11.9 Å².